The zero-order chi connectivity index (χ0) is 19.1. The number of halogens is 1. The third-order valence-corrected chi connectivity index (χ3v) is 5.38. The molecule has 1 saturated heterocycles. The molecule has 1 N–H and O–H groups in total. The van der Waals surface area contributed by atoms with Crippen LogP contribution in [0.5, 0.6) is 0 Å². The second kappa shape index (κ2) is 9.65. The largest absolute Gasteiger partial charge is 0.353 e. The molecule has 2 aromatic carbocycles. The van der Waals surface area contributed by atoms with E-state index in [0.29, 0.717) is 0 Å². The van der Waals surface area contributed by atoms with E-state index < -0.39 is 0 Å². The minimum Gasteiger partial charge on any atom is -0.353 e. The van der Waals surface area contributed by atoms with Crippen molar-refractivity contribution in [1.29, 1.82) is 0 Å². The Bertz CT molecular complexity index is 709. The number of nitrogens with zero attached hydrogens (tertiary/aromatic N) is 1. The highest BCUT2D eigenvalue weighted by Gasteiger charge is 2.25. The first-order valence-electron chi connectivity index (χ1n) is 9.91. The molecule has 0 bridgehead atoms. The Labute approximate surface area is 161 Å². The van der Waals surface area contributed by atoms with Crippen molar-refractivity contribution in [2.45, 2.75) is 45.2 Å². The first-order chi connectivity index (χ1) is 13.1. The summed E-state index contributed by atoms with van der Waals surface area (Å²) in [5.74, 6) is 0.0983. The van der Waals surface area contributed by atoms with Crippen molar-refractivity contribution in [3.63, 3.8) is 0 Å². The van der Waals surface area contributed by atoms with E-state index in [1.165, 1.54) is 17.7 Å². The minimum atomic E-state index is -0.199. The SMILES string of the molecule is C[C@@H](CCc1ccccc1)NC(=O)C1CCN(Cc2ccc(F)cc2)CC1. The van der Waals surface area contributed by atoms with Crippen LogP contribution in [-0.2, 0) is 17.8 Å². The van der Waals surface area contributed by atoms with Crippen LogP contribution in [0.4, 0.5) is 4.39 Å². The molecule has 0 spiro atoms. The average Bonchev–Trinajstić information content (AvgIpc) is 2.69. The number of hydrogen-bond donors (Lipinski definition) is 1. The Morgan fingerprint density at radius 3 is 2.41 bits per heavy atom. The minimum absolute atomic E-state index is 0.105. The van der Waals surface area contributed by atoms with Gasteiger partial charge in [-0.3, -0.25) is 9.69 Å². The molecule has 1 heterocycles. The zero-order valence-electron chi connectivity index (χ0n) is 16.0. The fraction of sp³-hybridized carbons (Fsp3) is 0.435. The van der Waals surface area contributed by atoms with Gasteiger partial charge in [0.15, 0.2) is 0 Å². The van der Waals surface area contributed by atoms with Crippen LogP contribution in [0, 0.1) is 11.7 Å². The number of nitrogens with one attached hydrogen (secondary N) is 1. The van der Waals surface area contributed by atoms with E-state index in [4.69, 9.17) is 0 Å². The van der Waals surface area contributed by atoms with Crippen molar-refractivity contribution in [3.8, 4) is 0 Å². The zero-order valence-corrected chi connectivity index (χ0v) is 16.0. The van der Waals surface area contributed by atoms with Gasteiger partial charge in [-0.1, -0.05) is 42.5 Å². The fourth-order valence-electron chi connectivity index (χ4n) is 3.66. The number of amides is 1. The van der Waals surface area contributed by atoms with E-state index >= 15 is 0 Å². The van der Waals surface area contributed by atoms with E-state index in [1.807, 2.05) is 18.2 Å². The van der Waals surface area contributed by atoms with Gasteiger partial charge in [0.25, 0.3) is 0 Å². The molecule has 4 heteroatoms. The van der Waals surface area contributed by atoms with Crippen molar-refractivity contribution >= 4 is 5.91 Å². The monoisotopic (exact) mass is 368 g/mol. The number of aryl methyl sites for hydroxylation is 1. The predicted molar refractivity (Wildman–Crippen MR) is 107 cm³/mol. The summed E-state index contributed by atoms with van der Waals surface area (Å²) in [5, 5.41) is 3.19. The van der Waals surface area contributed by atoms with Crippen LogP contribution in [0.1, 0.15) is 37.3 Å². The van der Waals surface area contributed by atoms with Gasteiger partial charge in [0.1, 0.15) is 5.82 Å². The number of hydrogen-bond acceptors (Lipinski definition) is 2. The summed E-state index contributed by atoms with van der Waals surface area (Å²) in [7, 11) is 0. The van der Waals surface area contributed by atoms with Gasteiger partial charge in [0, 0.05) is 18.5 Å². The molecule has 1 fully saturated rings. The lowest BCUT2D eigenvalue weighted by molar-refractivity contribution is -0.127. The van der Waals surface area contributed by atoms with Gasteiger partial charge < -0.3 is 5.32 Å². The van der Waals surface area contributed by atoms with Crippen LogP contribution in [0.2, 0.25) is 0 Å². The molecule has 0 aromatic heterocycles. The van der Waals surface area contributed by atoms with Gasteiger partial charge in [-0.2, -0.15) is 0 Å². The van der Waals surface area contributed by atoms with Gasteiger partial charge in [0.2, 0.25) is 5.91 Å². The molecule has 1 aliphatic heterocycles. The van der Waals surface area contributed by atoms with Gasteiger partial charge >= 0.3 is 0 Å². The van der Waals surface area contributed by atoms with Crippen molar-refractivity contribution in [2.24, 2.45) is 5.92 Å². The highest BCUT2D eigenvalue weighted by atomic mass is 19.1. The maximum atomic E-state index is 13.0. The smallest absolute Gasteiger partial charge is 0.223 e. The quantitative estimate of drug-likeness (QED) is 0.795. The Hall–Kier alpha value is -2.20. The summed E-state index contributed by atoms with van der Waals surface area (Å²) in [6, 6.07) is 17.3. The topological polar surface area (TPSA) is 32.3 Å². The molecule has 0 unspecified atom stereocenters. The highest BCUT2D eigenvalue weighted by molar-refractivity contribution is 5.79. The molecule has 1 amide bonds. The average molecular weight is 368 g/mol. The van der Waals surface area contributed by atoms with E-state index in [1.54, 1.807) is 0 Å². The molecule has 3 rings (SSSR count). The van der Waals surface area contributed by atoms with Crippen LogP contribution in [-0.4, -0.2) is 29.9 Å². The maximum absolute atomic E-state index is 13.0. The molecule has 1 aliphatic rings. The van der Waals surface area contributed by atoms with Crippen LogP contribution < -0.4 is 5.32 Å². The van der Waals surface area contributed by atoms with E-state index in [9.17, 15) is 9.18 Å². The third-order valence-electron chi connectivity index (χ3n) is 5.38. The van der Waals surface area contributed by atoms with Crippen LogP contribution >= 0.6 is 0 Å². The fourth-order valence-corrected chi connectivity index (χ4v) is 3.66. The van der Waals surface area contributed by atoms with E-state index in [-0.39, 0.29) is 23.7 Å². The Balaban J connectivity index is 1.38. The molecule has 0 aliphatic carbocycles. The Kier molecular flexibility index (Phi) is 6.99. The summed E-state index contributed by atoms with van der Waals surface area (Å²) in [6.07, 6.45) is 3.72. The van der Waals surface area contributed by atoms with Gasteiger partial charge in [0.05, 0.1) is 0 Å². The van der Waals surface area contributed by atoms with Crippen molar-refractivity contribution in [2.75, 3.05) is 13.1 Å². The number of rotatable bonds is 7. The van der Waals surface area contributed by atoms with Gasteiger partial charge in [-0.05, 0) is 69.0 Å². The molecular weight excluding hydrogens is 339 g/mol. The summed E-state index contributed by atoms with van der Waals surface area (Å²) in [6.45, 7) is 4.73. The predicted octanol–water partition coefficient (Wildman–Crippen LogP) is 4.18. The van der Waals surface area contributed by atoms with Gasteiger partial charge in [-0.15, -0.1) is 0 Å². The first kappa shape index (κ1) is 19.6. The molecule has 27 heavy (non-hydrogen) atoms. The molecule has 1 atom stereocenters. The molecule has 3 nitrogen and oxygen atoms in total. The second-order valence-electron chi connectivity index (χ2n) is 7.61. The number of likely N-dealkylation sites (tertiary alicyclic amines) is 1. The molecule has 0 saturated carbocycles. The van der Waals surface area contributed by atoms with E-state index in [0.717, 1.165) is 50.9 Å². The highest BCUT2D eigenvalue weighted by Crippen LogP contribution is 2.20. The number of benzene rings is 2. The van der Waals surface area contributed by atoms with Crippen molar-refractivity contribution in [3.05, 3.63) is 71.5 Å². The number of piperidine rings is 1. The van der Waals surface area contributed by atoms with Crippen LogP contribution in [0.25, 0.3) is 0 Å². The summed E-state index contributed by atoms with van der Waals surface area (Å²) in [5.41, 5.74) is 2.43. The standard InChI is InChI=1S/C23H29FN2O/c1-18(7-8-19-5-3-2-4-6-19)25-23(27)21-13-15-26(16-14-21)17-20-9-11-22(24)12-10-20/h2-6,9-12,18,21H,7-8,13-17H2,1H3,(H,25,27)/t18-/m0/s1. The maximum Gasteiger partial charge on any atom is 0.223 e. The second-order valence-corrected chi connectivity index (χ2v) is 7.61. The summed E-state index contributed by atoms with van der Waals surface area (Å²) in [4.78, 5) is 14.9. The molecule has 0 radical (unpaired) electrons. The van der Waals surface area contributed by atoms with Crippen LogP contribution in [0.15, 0.2) is 54.6 Å². The third kappa shape index (κ3) is 6.17. The lowest BCUT2D eigenvalue weighted by Crippen LogP contribution is -2.43. The number of carbonyl (C=O) groups excluding carboxylic acids is 1. The normalized spacial score (nSPS) is 16.8. The Morgan fingerprint density at radius 1 is 1.07 bits per heavy atom. The molecular formula is C23H29FN2O. The Morgan fingerprint density at radius 2 is 1.74 bits per heavy atom. The molecule has 144 valence electrons. The first-order valence-corrected chi connectivity index (χ1v) is 9.91. The number of carbonyl (C=O) groups is 1. The molecule has 2 aromatic rings. The summed E-state index contributed by atoms with van der Waals surface area (Å²) < 4.78 is 13.0. The lowest BCUT2D eigenvalue weighted by atomic mass is 9.95. The summed E-state index contributed by atoms with van der Waals surface area (Å²) >= 11 is 0. The van der Waals surface area contributed by atoms with Crippen LogP contribution in [0.3, 0.4) is 0 Å². The van der Waals surface area contributed by atoms with Gasteiger partial charge in [-0.25, -0.2) is 4.39 Å². The van der Waals surface area contributed by atoms with Crippen molar-refractivity contribution < 1.29 is 9.18 Å². The van der Waals surface area contributed by atoms with E-state index in [2.05, 4.69) is 41.4 Å². The lowest BCUT2D eigenvalue weighted by Gasteiger charge is -2.32. The van der Waals surface area contributed by atoms with Crippen molar-refractivity contribution in [1.82, 2.24) is 10.2 Å².